The highest BCUT2D eigenvalue weighted by atomic mass is 14.9. The SMILES string of the molecule is c1cc2nc([C@@H]3CCNC3)ccc2[nH]1. The first-order valence-electron chi connectivity index (χ1n) is 5.08. The Labute approximate surface area is 82.5 Å². The van der Waals surface area contributed by atoms with E-state index >= 15 is 0 Å². The molecule has 0 saturated carbocycles. The molecular formula is C11H13N3. The number of pyridine rings is 1. The molecule has 3 rings (SSSR count). The fraction of sp³-hybridized carbons (Fsp3) is 0.364. The summed E-state index contributed by atoms with van der Waals surface area (Å²) >= 11 is 0. The van der Waals surface area contributed by atoms with Gasteiger partial charge >= 0.3 is 0 Å². The van der Waals surface area contributed by atoms with Crippen molar-refractivity contribution >= 4 is 11.0 Å². The maximum Gasteiger partial charge on any atom is 0.0882 e. The molecule has 72 valence electrons. The van der Waals surface area contributed by atoms with Gasteiger partial charge in [0, 0.05) is 24.4 Å². The molecule has 3 heterocycles. The van der Waals surface area contributed by atoms with Gasteiger partial charge in [0.05, 0.1) is 11.0 Å². The number of hydrogen-bond acceptors (Lipinski definition) is 2. The summed E-state index contributed by atoms with van der Waals surface area (Å²) in [7, 11) is 0. The Balaban J connectivity index is 2.04. The first kappa shape index (κ1) is 8.00. The zero-order valence-corrected chi connectivity index (χ0v) is 7.96. The molecule has 1 aliphatic rings. The molecule has 0 spiro atoms. The van der Waals surface area contributed by atoms with Crippen molar-refractivity contribution in [1.82, 2.24) is 15.3 Å². The van der Waals surface area contributed by atoms with Crippen LogP contribution in [0.2, 0.25) is 0 Å². The second kappa shape index (κ2) is 3.10. The van der Waals surface area contributed by atoms with Gasteiger partial charge < -0.3 is 10.3 Å². The normalized spacial score (nSPS) is 21.9. The number of hydrogen-bond donors (Lipinski definition) is 2. The van der Waals surface area contributed by atoms with Crippen LogP contribution in [0.1, 0.15) is 18.0 Å². The van der Waals surface area contributed by atoms with Gasteiger partial charge in [-0.1, -0.05) is 0 Å². The Morgan fingerprint density at radius 2 is 2.29 bits per heavy atom. The first-order chi connectivity index (χ1) is 6.93. The van der Waals surface area contributed by atoms with Crippen molar-refractivity contribution in [2.75, 3.05) is 13.1 Å². The third-order valence-electron chi connectivity index (χ3n) is 2.90. The van der Waals surface area contributed by atoms with E-state index < -0.39 is 0 Å². The molecule has 0 aliphatic carbocycles. The van der Waals surface area contributed by atoms with Crippen molar-refractivity contribution in [3.63, 3.8) is 0 Å². The smallest absolute Gasteiger partial charge is 0.0882 e. The van der Waals surface area contributed by atoms with E-state index in [9.17, 15) is 0 Å². The second-order valence-corrected chi connectivity index (χ2v) is 3.84. The standard InChI is InChI=1S/C11H13N3/c1-2-10-11(4-6-13-10)14-9(1)8-3-5-12-7-8/h1-2,4,6,8,12-13H,3,5,7H2/t8-/m1/s1. The molecule has 0 bridgehead atoms. The van der Waals surface area contributed by atoms with E-state index in [0.29, 0.717) is 5.92 Å². The highest BCUT2D eigenvalue weighted by Crippen LogP contribution is 2.22. The van der Waals surface area contributed by atoms with Crippen molar-refractivity contribution in [3.05, 3.63) is 30.1 Å². The fourth-order valence-corrected chi connectivity index (χ4v) is 2.08. The molecule has 3 nitrogen and oxygen atoms in total. The number of aromatic nitrogens is 2. The number of H-pyrrole nitrogens is 1. The molecule has 1 aliphatic heterocycles. The maximum atomic E-state index is 4.65. The van der Waals surface area contributed by atoms with E-state index in [1.54, 1.807) is 0 Å². The molecule has 3 heteroatoms. The van der Waals surface area contributed by atoms with E-state index in [1.807, 2.05) is 12.3 Å². The Morgan fingerprint density at radius 1 is 1.29 bits per heavy atom. The lowest BCUT2D eigenvalue weighted by atomic mass is 10.0. The van der Waals surface area contributed by atoms with E-state index in [1.165, 1.54) is 12.1 Å². The highest BCUT2D eigenvalue weighted by Gasteiger charge is 2.17. The lowest BCUT2D eigenvalue weighted by Crippen LogP contribution is -2.08. The van der Waals surface area contributed by atoms with E-state index in [-0.39, 0.29) is 0 Å². The van der Waals surface area contributed by atoms with Crippen molar-refractivity contribution in [1.29, 1.82) is 0 Å². The molecule has 2 N–H and O–H groups in total. The molecular weight excluding hydrogens is 174 g/mol. The van der Waals surface area contributed by atoms with Crippen LogP contribution in [0, 0.1) is 0 Å². The molecule has 1 atom stereocenters. The summed E-state index contributed by atoms with van der Waals surface area (Å²) in [5, 5.41) is 3.36. The van der Waals surface area contributed by atoms with Crippen LogP contribution in [0.3, 0.4) is 0 Å². The highest BCUT2D eigenvalue weighted by molar-refractivity contribution is 5.74. The van der Waals surface area contributed by atoms with Gasteiger partial charge in [0.25, 0.3) is 0 Å². The van der Waals surface area contributed by atoms with Gasteiger partial charge in [0.1, 0.15) is 0 Å². The maximum absolute atomic E-state index is 4.65. The van der Waals surface area contributed by atoms with Crippen LogP contribution in [0.5, 0.6) is 0 Å². The average molecular weight is 187 g/mol. The van der Waals surface area contributed by atoms with Gasteiger partial charge in [-0.3, -0.25) is 4.98 Å². The third kappa shape index (κ3) is 1.21. The zero-order valence-electron chi connectivity index (χ0n) is 7.96. The zero-order chi connectivity index (χ0) is 9.38. The van der Waals surface area contributed by atoms with Crippen LogP contribution in [0.4, 0.5) is 0 Å². The van der Waals surface area contributed by atoms with Gasteiger partial charge in [0.15, 0.2) is 0 Å². The summed E-state index contributed by atoms with van der Waals surface area (Å²) in [5.74, 6) is 0.606. The average Bonchev–Trinajstić information content (AvgIpc) is 2.88. The molecule has 0 radical (unpaired) electrons. The number of nitrogens with zero attached hydrogens (tertiary/aromatic N) is 1. The fourth-order valence-electron chi connectivity index (χ4n) is 2.08. The molecule has 2 aromatic heterocycles. The van der Waals surface area contributed by atoms with E-state index in [0.717, 1.165) is 24.1 Å². The summed E-state index contributed by atoms with van der Waals surface area (Å²) in [4.78, 5) is 7.81. The van der Waals surface area contributed by atoms with Crippen molar-refractivity contribution in [2.24, 2.45) is 0 Å². The van der Waals surface area contributed by atoms with Crippen LogP contribution >= 0.6 is 0 Å². The number of nitrogens with one attached hydrogen (secondary N) is 2. The number of aromatic amines is 1. The van der Waals surface area contributed by atoms with E-state index in [2.05, 4.69) is 27.4 Å². The van der Waals surface area contributed by atoms with Gasteiger partial charge in [-0.25, -0.2) is 0 Å². The number of rotatable bonds is 1. The number of fused-ring (bicyclic) bond motifs is 1. The first-order valence-corrected chi connectivity index (χ1v) is 5.08. The summed E-state index contributed by atoms with van der Waals surface area (Å²) in [6, 6.07) is 6.29. The molecule has 14 heavy (non-hydrogen) atoms. The minimum Gasteiger partial charge on any atom is -0.360 e. The van der Waals surface area contributed by atoms with Gasteiger partial charge in [0.2, 0.25) is 0 Å². The lowest BCUT2D eigenvalue weighted by molar-refractivity contribution is 0.739. The van der Waals surface area contributed by atoms with Crippen molar-refractivity contribution < 1.29 is 0 Å². The van der Waals surface area contributed by atoms with Crippen LogP contribution in [-0.2, 0) is 0 Å². The monoisotopic (exact) mass is 187 g/mol. The minimum absolute atomic E-state index is 0.606. The Bertz CT molecular complexity index is 440. The summed E-state index contributed by atoms with van der Waals surface area (Å²) < 4.78 is 0. The van der Waals surface area contributed by atoms with Gasteiger partial charge in [-0.05, 0) is 31.2 Å². The van der Waals surface area contributed by atoms with E-state index in [4.69, 9.17) is 0 Å². The molecule has 2 aromatic rings. The van der Waals surface area contributed by atoms with Gasteiger partial charge in [-0.2, -0.15) is 0 Å². The Kier molecular flexibility index (Phi) is 1.77. The summed E-state index contributed by atoms with van der Waals surface area (Å²) in [5.41, 5.74) is 3.43. The Morgan fingerprint density at radius 3 is 3.14 bits per heavy atom. The van der Waals surface area contributed by atoms with Crippen LogP contribution in [0.25, 0.3) is 11.0 Å². The summed E-state index contributed by atoms with van der Waals surface area (Å²) in [6.45, 7) is 2.19. The predicted octanol–water partition coefficient (Wildman–Crippen LogP) is 1.64. The van der Waals surface area contributed by atoms with Crippen molar-refractivity contribution in [2.45, 2.75) is 12.3 Å². The largest absolute Gasteiger partial charge is 0.360 e. The molecule has 0 amide bonds. The van der Waals surface area contributed by atoms with Crippen molar-refractivity contribution in [3.8, 4) is 0 Å². The minimum atomic E-state index is 0.606. The predicted molar refractivity (Wildman–Crippen MR) is 56.3 cm³/mol. The topological polar surface area (TPSA) is 40.7 Å². The molecule has 1 fully saturated rings. The molecule has 0 unspecified atom stereocenters. The lowest BCUT2D eigenvalue weighted by Gasteiger charge is -2.06. The van der Waals surface area contributed by atoms with Crippen LogP contribution < -0.4 is 5.32 Å². The molecule has 1 saturated heterocycles. The quantitative estimate of drug-likeness (QED) is 0.712. The third-order valence-corrected chi connectivity index (χ3v) is 2.90. The Hall–Kier alpha value is -1.35. The van der Waals surface area contributed by atoms with Crippen LogP contribution in [-0.4, -0.2) is 23.1 Å². The summed E-state index contributed by atoms with van der Waals surface area (Å²) in [6.07, 6.45) is 3.15. The second-order valence-electron chi connectivity index (χ2n) is 3.84. The van der Waals surface area contributed by atoms with Gasteiger partial charge in [-0.15, -0.1) is 0 Å². The molecule has 0 aromatic carbocycles. The van der Waals surface area contributed by atoms with Crippen LogP contribution in [0.15, 0.2) is 24.4 Å².